The van der Waals surface area contributed by atoms with E-state index < -0.39 is 0 Å². The van der Waals surface area contributed by atoms with E-state index in [1.807, 2.05) is 30.3 Å². The smallest absolute Gasteiger partial charge is 0.277 e. The van der Waals surface area contributed by atoms with Crippen LogP contribution in [0.3, 0.4) is 0 Å². The minimum absolute atomic E-state index is 0.166. The van der Waals surface area contributed by atoms with E-state index in [9.17, 15) is 4.79 Å². The largest absolute Gasteiger partial charge is 0.493 e. The van der Waals surface area contributed by atoms with Crippen molar-refractivity contribution >= 4 is 12.1 Å². The molecule has 0 aliphatic rings. The number of hydrogen-bond donors (Lipinski definition) is 1. The van der Waals surface area contributed by atoms with E-state index in [1.54, 1.807) is 31.4 Å². The standard InChI is InChI=1S/C19H20N2O4/c1-3-11-24-16-8-6-7-15(12-16)13-20-21-19(22)14-25-18-10-5-4-9-17(18)23-2/h3-10,12-13H,1,11,14H2,2H3,(H,21,22)/b20-13-. The van der Waals surface area contributed by atoms with Crippen molar-refractivity contribution in [2.45, 2.75) is 0 Å². The van der Waals surface area contributed by atoms with Crippen LogP contribution in [0, 0.1) is 0 Å². The lowest BCUT2D eigenvalue weighted by Crippen LogP contribution is -2.24. The minimum atomic E-state index is -0.374. The number of amides is 1. The van der Waals surface area contributed by atoms with Gasteiger partial charge in [0.25, 0.3) is 5.91 Å². The van der Waals surface area contributed by atoms with Crippen molar-refractivity contribution in [1.82, 2.24) is 5.43 Å². The molecule has 0 aliphatic heterocycles. The zero-order valence-corrected chi connectivity index (χ0v) is 14.0. The van der Waals surface area contributed by atoms with Gasteiger partial charge in [-0.15, -0.1) is 0 Å². The van der Waals surface area contributed by atoms with Crippen LogP contribution in [0.5, 0.6) is 17.2 Å². The highest BCUT2D eigenvalue weighted by atomic mass is 16.5. The van der Waals surface area contributed by atoms with Gasteiger partial charge in [-0.05, 0) is 29.8 Å². The molecule has 0 fully saturated rings. The number of hydrazone groups is 1. The average Bonchev–Trinajstić information content (AvgIpc) is 2.65. The van der Waals surface area contributed by atoms with Gasteiger partial charge in [-0.3, -0.25) is 4.79 Å². The average molecular weight is 340 g/mol. The molecule has 6 nitrogen and oxygen atoms in total. The molecular weight excluding hydrogens is 320 g/mol. The lowest BCUT2D eigenvalue weighted by atomic mass is 10.2. The second-order valence-corrected chi connectivity index (χ2v) is 4.90. The Hall–Kier alpha value is -3.28. The molecule has 0 saturated heterocycles. The van der Waals surface area contributed by atoms with Gasteiger partial charge in [0, 0.05) is 0 Å². The molecule has 1 N–H and O–H groups in total. The fourth-order valence-electron chi connectivity index (χ4n) is 1.93. The van der Waals surface area contributed by atoms with Gasteiger partial charge in [0.05, 0.1) is 13.3 Å². The first kappa shape index (κ1) is 18.1. The van der Waals surface area contributed by atoms with Gasteiger partial charge in [-0.25, -0.2) is 5.43 Å². The molecule has 2 aromatic rings. The summed E-state index contributed by atoms with van der Waals surface area (Å²) in [7, 11) is 1.54. The van der Waals surface area contributed by atoms with E-state index in [4.69, 9.17) is 14.2 Å². The zero-order chi connectivity index (χ0) is 17.9. The van der Waals surface area contributed by atoms with E-state index in [0.29, 0.717) is 23.9 Å². The van der Waals surface area contributed by atoms with Crippen LogP contribution in [-0.4, -0.2) is 32.4 Å². The van der Waals surface area contributed by atoms with Crippen molar-refractivity contribution in [3.05, 3.63) is 66.7 Å². The quantitative estimate of drug-likeness (QED) is 0.433. The van der Waals surface area contributed by atoms with Gasteiger partial charge in [-0.1, -0.05) is 36.9 Å². The summed E-state index contributed by atoms with van der Waals surface area (Å²) in [5, 5.41) is 3.91. The summed E-state index contributed by atoms with van der Waals surface area (Å²) in [5.74, 6) is 1.39. The highest BCUT2D eigenvalue weighted by Gasteiger charge is 2.05. The van der Waals surface area contributed by atoms with Crippen LogP contribution in [-0.2, 0) is 4.79 Å². The van der Waals surface area contributed by atoms with Crippen molar-refractivity contribution in [3.8, 4) is 17.2 Å². The molecule has 2 rings (SSSR count). The Bertz CT molecular complexity index is 744. The number of para-hydroxylation sites is 2. The maximum absolute atomic E-state index is 11.8. The number of carbonyl (C=O) groups is 1. The van der Waals surface area contributed by atoms with E-state index in [0.717, 1.165) is 5.56 Å². The Kier molecular flexibility index (Phi) is 7.06. The lowest BCUT2D eigenvalue weighted by molar-refractivity contribution is -0.123. The molecule has 25 heavy (non-hydrogen) atoms. The molecule has 130 valence electrons. The van der Waals surface area contributed by atoms with Gasteiger partial charge in [0.1, 0.15) is 12.4 Å². The minimum Gasteiger partial charge on any atom is -0.493 e. The lowest BCUT2D eigenvalue weighted by Gasteiger charge is -2.09. The van der Waals surface area contributed by atoms with Gasteiger partial charge in [-0.2, -0.15) is 5.10 Å². The third-order valence-corrected chi connectivity index (χ3v) is 3.06. The number of ether oxygens (including phenoxy) is 3. The van der Waals surface area contributed by atoms with Crippen LogP contribution in [0.15, 0.2) is 66.3 Å². The first-order valence-corrected chi connectivity index (χ1v) is 7.64. The summed E-state index contributed by atoms with van der Waals surface area (Å²) in [6, 6.07) is 14.4. The van der Waals surface area contributed by atoms with Crippen LogP contribution < -0.4 is 19.6 Å². The second-order valence-electron chi connectivity index (χ2n) is 4.90. The van der Waals surface area contributed by atoms with Crippen molar-refractivity contribution < 1.29 is 19.0 Å². The fraction of sp³-hybridized carbons (Fsp3) is 0.158. The summed E-state index contributed by atoms with van der Waals surface area (Å²) in [5.41, 5.74) is 3.21. The fourth-order valence-corrected chi connectivity index (χ4v) is 1.93. The summed E-state index contributed by atoms with van der Waals surface area (Å²) in [6.07, 6.45) is 3.20. The van der Waals surface area contributed by atoms with Gasteiger partial charge in [0.15, 0.2) is 18.1 Å². The number of methoxy groups -OCH3 is 1. The normalized spacial score (nSPS) is 10.3. The van der Waals surface area contributed by atoms with Gasteiger partial charge < -0.3 is 14.2 Å². The Labute approximate surface area is 146 Å². The Morgan fingerprint density at radius 2 is 1.96 bits per heavy atom. The molecule has 6 heteroatoms. The molecule has 0 bridgehead atoms. The topological polar surface area (TPSA) is 69.2 Å². The SMILES string of the molecule is C=CCOc1cccc(/C=N\NC(=O)COc2ccccc2OC)c1. The molecule has 1 amide bonds. The maximum atomic E-state index is 11.8. The molecule has 0 heterocycles. The predicted molar refractivity (Wildman–Crippen MR) is 96.4 cm³/mol. The van der Waals surface area contributed by atoms with Crippen molar-refractivity contribution in [1.29, 1.82) is 0 Å². The van der Waals surface area contributed by atoms with E-state index in [-0.39, 0.29) is 12.5 Å². The Morgan fingerprint density at radius 1 is 1.16 bits per heavy atom. The first-order valence-electron chi connectivity index (χ1n) is 7.64. The van der Waals surface area contributed by atoms with Gasteiger partial charge in [0.2, 0.25) is 0 Å². The van der Waals surface area contributed by atoms with Crippen molar-refractivity contribution in [2.24, 2.45) is 5.10 Å². The molecule has 0 aromatic heterocycles. The summed E-state index contributed by atoms with van der Waals surface area (Å²) < 4.78 is 16.0. The molecule has 0 unspecified atom stereocenters. The maximum Gasteiger partial charge on any atom is 0.277 e. The Balaban J connectivity index is 1.83. The van der Waals surface area contributed by atoms with Crippen LogP contribution in [0.2, 0.25) is 0 Å². The van der Waals surface area contributed by atoms with Crippen LogP contribution in [0.4, 0.5) is 0 Å². The van der Waals surface area contributed by atoms with Crippen LogP contribution in [0.1, 0.15) is 5.56 Å². The van der Waals surface area contributed by atoms with Gasteiger partial charge >= 0.3 is 0 Å². The molecule has 0 atom stereocenters. The van der Waals surface area contributed by atoms with Crippen LogP contribution >= 0.6 is 0 Å². The summed E-state index contributed by atoms with van der Waals surface area (Å²) >= 11 is 0. The predicted octanol–water partition coefficient (Wildman–Crippen LogP) is 2.79. The molecule has 0 aliphatic carbocycles. The van der Waals surface area contributed by atoms with E-state index >= 15 is 0 Å². The first-order chi connectivity index (χ1) is 12.2. The number of carbonyl (C=O) groups excluding carboxylic acids is 1. The number of nitrogens with one attached hydrogen (secondary N) is 1. The highest BCUT2D eigenvalue weighted by Crippen LogP contribution is 2.25. The third-order valence-electron chi connectivity index (χ3n) is 3.06. The molecule has 0 spiro atoms. The van der Waals surface area contributed by atoms with Crippen LogP contribution in [0.25, 0.3) is 0 Å². The summed E-state index contributed by atoms with van der Waals surface area (Å²) in [4.78, 5) is 11.8. The third kappa shape index (κ3) is 6.02. The number of nitrogens with zero attached hydrogens (tertiary/aromatic N) is 1. The number of hydrogen-bond acceptors (Lipinski definition) is 5. The van der Waals surface area contributed by atoms with E-state index in [1.165, 1.54) is 6.21 Å². The molecular formula is C19H20N2O4. The highest BCUT2D eigenvalue weighted by molar-refractivity contribution is 5.83. The van der Waals surface area contributed by atoms with Crippen molar-refractivity contribution in [3.63, 3.8) is 0 Å². The molecule has 2 aromatic carbocycles. The second kappa shape index (κ2) is 9.77. The molecule has 0 saturated carbocycles. The zero-order valence-electron chi connectivity index (χ0n) is 14.0. The summed E-state index contributed by atoms with van der Waals surface area (Å²) in [6.45, 7) is 3.86. The number of benzene rings is 2. The van der Waals surface area contributed by atoms with E-state index in [2.05, 4.69) is 17.1 Å². The monoisotopic (exact) mass is 340 g/mol. The molecule has 0 radical (unpaired) electrons. The Morgan fingerprint density at radius 3 is 2.72 bits per heavy atom. The van der Waals surface area contributed by atoms with Crippen molar-refractivity contribution in [2.75, 3.05) is 20.3 Å². The number of rotatable bonds is 9.